The van der Waals surface area contributed by atoms with Crippen molar-refractivity contribution in [2.75, 3.05) is 34.5 Å². The predicted octanol–water partition coefficient (Wildman–Crippen LogP) is 9.76. The van der Waals surface area contributed by atoms with E-state index in [0.717, 1.165) is 27.8 Å². The van der Waals surface area contributed by atoms with Crippen LogP contribution in [-0.4, -0.2) is 54.5 Å². The molecule has 270 valence electrons. The molecular formula is C40H59NO7Si. The van der Waals surface area contributed by atoms with Crippen molar-refractivity contribution < 1.29 is 32.9 Å². The van der Waals surface area contributed by atoms with Gasteiger partial charge in [0.1, 0.15) is 12.2 Å². The van der Waals surface area contributed by atoms with Gasteiger partial charge in [0.2, 0.25) is 0 Å². The Morgan fingerprint density at radius 3 is 1.71 bits per heavy atom. The van der Waals surface area contributed by atoms with Gasteiger partial charge >= 0.3 is 6.09 Å². The van der Waals surface area contributed by atoms with Gasteiger partial charge in [-0.25, -0.2) is 4.79 Å². The first kappa shape index (κ1) is 39.7. The van der Waals surface area contributed by atoms with Crippen molar-refractivity contribution in [1.29, 1.82) is 0 Å². The number of ether oxygens (including phenoxy) is 5. The van der Waals surface area contributed by atoms with E-state index in [2.05, 4.69) is 52.9 Å². The number of hydrogen-bond acceptors (Lipinski definition) is 7. The van der Waals surface area contributed by atoms with Gasteiger partial charge in [-0.1, -0.05) is 71.9 Å². The molecule has 0 radical (unpaired) electrons. The van der Waals surface area contributed by atoms with E-state index in [1.165, 1.54) is 0 Å². The number of benzene rings is 3. The number of methoxy groups -OCH3 is 3. The van der Waals surface area contributed by atoms with Crippen LogP contribution in [0.4, 0.5) is 4.79 Å². The minimum Gasteiger partial charge on any atom is -0.493 e. The van der Waals surface area contributed by atoms with Crippen molar-refractivity contribution in [2.24, 2.45) is 0 Å². The molecule has 0 aliphatic carbocycles. The quantitative estimate of drug-likeness (QED) is 0.141. The van der Waals surface area contributed by atoms with Crippen molar-refractivity contribution in [3.8, 4) is 34.1 Å². The fourth-order valence-electron chi connectivity index (χ4n) is 6.90. The lowest BCUT2D eigenvalue weighted by atomic mass is 9.91. The van der Waals surface area contributed by atoms with Gasteiger partial charge in [0.05, 0.1) is 21.3 Å². The summed E-state index contributed by atoms with van der Waals surface area (Å²) in [6.45, 7) is 20.8. The number of amides is 1. The summed E-state index contributed by atoms with van der Waals surface area (Å²) in [6.07, 6.45) is 0.747. The minimum absolute atomic E-state index is 0.372. The Kier molecular flexibility index (Phi) is 14.4. The zero-order chi connectivity index (χ0) is 36.4. The molecule has 0 bridgehead atoms. The molecule has 0 saturated heterocycles. The highest BCUT2D eigenvalue weighted by Gasteiger charge is 2.44. The average Bonchev–Trinajstić information content (AvgIpc) is 3.04. The number of nitrogens with one attached hydrogen (secondary N) is 1. The second-order valence-electron chi connectivity index (χ2n) is 14.4. The van der Waals surface area contributed by atoms with Crippen LogP contribution in [0.15, 0.2) is 54.6 Å². The number of alkyl carbamates (subject to hydrolysis) is 1. The lowest BCUT2D eigenvalue weighted by Crippen LogP contribution is -2.48. The maximum absolute atomic E-state index is 12.5. The molecule has 0 unspecified atom stereocenters. The maximum Gasteiger partial charge on any atom is 0.407 e. The molecule has 1 N–H and O–H groups in total. The van der Waals surface area contributed by atoms with Crippen molar-refractivity contribution in [2.45, 2.75) is 104 Å². The standard InChI is InChI=1S/C40H59NO7Si/c1-27(2)49(28(3)4,29(5)6)47-21-19-32-23-38(46-26-30-16-14-13-15-17-30)37(45-12)25-34(32)33-24-36(44-11)35(43-10)22-31(33)18-20-41-39(42)48-40(7,8)9/h13-17,22-25,27-29H,18-21,26H2,1-12H3,(H,41,42). The monoisotopic (exact) mass is 693 g/mol. The van der Waals surface area contributed by atoms with E-state index in [1.807, 2.05) is 69.3 Å². The molecule has 0 aliphatic heterocycles. The second-order valence-corrected chi connectivity index (χ2v) is 19.9. The van der Waals surface area contributed by atoms with Crippen molar-refractivity contribution in [3.05, 3.63) is 71.3 Å². The molecule has 3 aromatic carbocycles. The number of hydrogen-bond donors (Lipinski definition) is 1. The number of carbonyl (C=O) groups is 1. The average molecular weight is 694 g/mol. The molecule has 0 atom stereocenters. The van der Waals surface area contributed by atoms with Crippen LogP contribution in [0.1, 0.15) is 79.0 Å². The van der Waals surface area contributed by atoms with Crippen LogP contribution in [0.3, 0.4) is 0 Å². The van der Waals surface area contributed by atoms with E-state index in [-0.39, 0.29) is 0 Å². The SMILES string of the molecule is COc1cc(CCNC(=O)OC(C)(C)C)c(-c2cc(OC)c(OCc3ccccc3)cc2CCO[Si](C(C)C)(C(C)C)C(C)C)cc1OC. The third-order valence-corrected chi connectivity index (χ3v) is 15.1. The molecule has 3 rings (SSSR count). The molecule has 0 heterocycles. The van der Waals surface area contributed by atoms with Crippen LogP contribution >= 0.6 is 0 Å². The lowest BCUT2D eigenvalue weighted by Gasteiger charge is -2.42. The van der Waals surface area contributed by atoms with Crippen molar-refractivity contribution >= 4 is 14.4 Å². The maximum atomic E-state index is 12.5. The summed E-state index contributed by atoms with van der Waals surface area (Å²) in [5.41, 5.74) is 5.88. The Labute approximate surface area is 295 Å². The van der Waals surface area contributed by atoms with E-state index in [9.17, 15) is 4.79 Å². The molecule has 8 nitrogen and oxygen atoms in total. The highest BCUT2D eigenvalue weighted by atomic mass is 28.4. The summed E-state index contributed by atoms with van der Waals surface area (Å²) in [5.74, 6) is 2.51. The summed E-state index contributed by atoms with van der Waals surface area (Å²) in [6, 6.07) is 18.2. The van der Waals surface area contributed by atoms with Gasteiger partial charge in [-0.3, -0.25) is 0 Å². The van der Waals surface area contributed by atoms with Crippen molar-refractivity contribution in [3.63, 3.8) is 0 Å². The van der Waals surface area contributed by atoms with Gasteiger partial charge in [-0.05, 0) is 102 Å². The fourth-order valence-corrected chi connectivity index (χ4v) is 12.4. The van der Waals surface area contributed by atoms with Gasteiger partial charge in [0, 0.05) is 13.2 Å². The van der Waals surface area contributed by atoms with Crippen LogP contribution in [0, 0.1) is 0 Å². The smallest absolute Gasteiger partial charge is 0.407 e. The summed E-state index contributed by atoms with van der Waals surface area (Å²) < 4.78 is 36.3. The first-order valence-electron chi connectivity index (χ1n) is 17.4. The van der Waals surface area contributed by atoms with E-state index in [0.29, 0.717) is 72.2 Å². The Bertz CT molecular complexity index is 1480. The van der Waals surface area contributed by atoms with Gasteiger partial charge in [-0.2, -0.15) is 0 Å². The van der Waals surface area contributed by atoms with Crippen LogP contribution in [-0.2, 0) is 28.6 Å². The first-order valence-corrected chi connectivity index (χ1v) is 19.5. The van der Waals surface area contributed by atoms with Crippen LogP contribution in [0.2, 0.25) is 16.6 Å². The third-order valence-electron chi connectivity index (χ3n) is 9.02. The van der Waals surface area contributed by atoms with Gasteiger partial charge in [-0.15, -0.1) is 0 Å². The molecule has 49 heavy (non-hydrogen) atoms. The van der Waals surface area contributed by atoms with Gasteiger partial charge in [0.15, 0.2) is 31.3 Å². The lowest BCUT2D eigenvalue weighted by molar-refractivity contribution is 0.0528. The summed E-state index contributed by atoms with van der Waals surface area (Å²) >= 11 is 0. The van der Waals surface area contributed by atoms with Crippen LogP contribution in [0.25, 0.3) is 11.1 Å². The zero-order valence-corrected chi connectivity index (χ0v) is 32.8. The Morgan fingerprint density at radius 1 is 0.714 bits per heavy atom. The molecule has 0 spiro atoms. The largest absolute Gasteiger partial charge is 0.493 e. The summed E-state index contributed by atoms with van der Waals surface area (Å²) in [4.78, 5) is 12.5. The molecule has 0 saturated carbocycles. The molecular weight excluding hydrogens is 635 g/mol. The van der Waals surface area contributed by atoms with E-state index in [1.54, 1.807) is 21.3 Å². The minimum atomic E-state index is -2.10. The zero-order valence-electron chi connectivity index (χ0n) is 31.8. The van der Waals surface area contributed by atoms with Crippen molar-refractivity contribution in [1.82, 2.24) is 5.32 Å². The number of rotatable bonds is 17. The molecule has 0 aliphatic rings. The summed E-state index contributed by atoms with van der Waals surface area (Å²) in [5, 5.41) is 2.90. The van der Waals surface area contributed by atoms with Gasteiger partial charge in [0.25, 0.3) is 0 Å². The Morgan fingerprint density at radius 2 is 1.20 bits per heavy atom. The van der Waals surface area contributed by atoms with Crippen LogP contribution in [0.5, 0.6) is 23.0 Å². The predicted molar refractivity (Wildman–Crippen MR) is 201 cm³/mol. The highest BCUT2D eigenvalue weighted by molar-refractivity contribution is 6.77. The van der Waals surface area contributed by atoms with E-state index < -0.39 is 20.0 Å². The van der Waals surface area contributed by atoms with E-state index in [4.69, 9.17) is 28.1 Å². The topological polar surface area (TPSA) is 84.5 Å². The molecule has 1 amide bonds. The second kappa shape index (κ2) is 17.8. The molecule has 0 aromatic heterocycles. The number of carbonyl (C=O) groups excluding carboxylic acids is 1. The molecule has 0 fully saturated rings. The van der Waals surface area contributed by atoms with E-state index >= 15 is 0 Å². The van der Waals surface area contributed by atoms with Crippen LogP contribution < -0.4 is 24.3 Å². The Balaban J connectivity index is 2.12. The molecule has 9 heteroatoms. The van der Waals surface area contributed by atoms with Gasteiger partial charge < -0.3 is 33.4 Å². The first-order chi connectivity index (χ1) is 23.2. The third kappa shape index (κ3) is 10.4. The highest BCUT2D eigenvalue weighted by Crippen LogP contribution is 2.44. The fraction of sp³-hybridized carbons (Fsp3) is 0.525. The normalized spacial score (nSPS) is 12.0. The Hall–Kier alpha value is -3.69. The molecule has 3 aromatic rings. The summed E-state index contributed by atoms with van der Waals surface area (Å²) in [7, 11) is 2.82.